The first-order chi connectivity index (χ1) is 8.28. The molecule has 0 saturated heterocycles. The first-order valence-electron chi connectivity index (χ1n) is 6.12. The SMILES string of the molecule is CCc1ccc(-c2cnc(C(CC)CN)[nH]2)s1. The minimum Gasteiger partial charge on any atom is -0.341 e. The number of aryl methyl sites for hydroxylation is 1. The standard InChI is InChI=1S/C13H19N3S/c1-3-9(7-14)13-15-8-11(16-13)12-6-5-10(4-2)17-12/h5-6,8-9H,3-4,7,14H2,1-2H3,(H,15,16). The molecule has 2 heterocycles. The fourth-order valence-electron chi connectivity index (χ4n) is 1.85. The largest absolute Gasteiger partial charge is 0.341 e. The van der Waals surface area contributed by atoms with Crippen molar-refractivity contribution in [2.24, 2.45) is 5.73 Å². The maximum absolute atomic E-state index is 5.73. The van der Waals surface area contributed by atoms with Crippen molar-refractivity contribution < 1.29 is 0 Å². The summed E-state index contributed by atoms with van der Waals surface area (Å²) >= 11 is 1.82. The molecular formula is C13H19N3S. The van der Waals surface area contributed by atoms with Crippen molar-refractivity contribution in [1.29, 1.82) is 0 Å². The number of H-pyrrole nitrogens is 1. The van der Waals surface area contributed by atoms with Crippen molar-refractivity contribution in [3.8, 4) is 10.6 Å². The number of imidazole rings is 1. The predicted molar refractivity (Wildman–Crippen MR) is 73.4 cm³/mol. The zero-order chi connectivity index (χ0) is 12.3. The lowest BCUT2D eigenvalue weighted by Gasteiger charge is -2.07. The number of hydrogen-bond acceptors (Lipinski definition) is 3. The van der Waals surface area contributed by atoms with Gasteiger partial charge in [0.15, 0.2) is 0 Å². The van der Waals surface area contributed by atoms with E-state index >= 15 is 0 Å². The smallest absolute Gasteiger partial charge is 0.110 e. The van der Waals surface area contributed by atoms with E-state index in [1.54, 1.807) is 0 Å². The number of rotatable bonds is 5. The fourth-order valence-corrected chi connectivity index (χ4v) is 2.77. The summed E-state index contributed by atoms with van der Waals surface area (Å²) in [7, 11) is 0. The normalized spacial score (nSPS) is 12.9. The average molecular weight is 249 g/mol. The van der Waals surface area contributed by atoms with Gasteiger partial charge in [-0.1, -0.05) is 13.8 Å². The van der Waals surface area contributed by atoms with E-state index in [0.717, 1.165) is 24.4 Å². The van der Waals surface area contributed by atoms with Gasteiger partial charge in [0.05, 0.1) is 16.8 Å². The van der Waals surface area contributed by atoms with Crippen LogP contribution in [0, 0.1) is 0 Å². The molecule has 0 bridgehead atoms. The summed E-state index contributed by atoms with van der Waals surface area (Å²) in [6.45, 7) is 4.96. The van der Waals surface area contributed by atoms with Crippen LogP contribution in [-0.4, -0.2) is 16.5 Å². The molecule has 0 fully saturated rings. The van der Waals surface area contributed by atoms with Gasteiger partial charge in [-0.3, -0.25) is 0 Å². The van der Waals surface area contributed by atoms with Crippen LogP contribution in [0.25, 0.3) is 10.6 Å². The van der Waals surface area contributed by atoms with Gasteiger partial charge in [0.25, 0.3) is 0 Å². The van der Waals surface area contributed by atoms with Gasteiger partial charge >= 0.3 is 0 Å². The Balaban J connectivity index is 2.22. The van der Waals surface area contributed by atoms with Crippen LogP contribution in [-0.2, 0) is 6.42 Å². The first kappa shape index (κ1) is 12.3. The highest BCUT2D eigenvalue weighted by atomic mass is 32.1. The third-order valence-electron chi connectivity index (χ3n) is 3.04. The molecular weight excluding hydrogens is 230 g/mol. The van der Waals surface area contributed by atoms with Crippen molar-refractivity contribution in [3.63, 3.8) is 0 Å². The summed E-state index contributed by atoms with van der Waals surface area (Å²) < 4.78 is 0. The Morgan fingerprint density at radius 2 is 2.24 bits per heavy atom. The van der Waals surface area contributed by atoms with Crippen LogP contribution < -0.4 is 5.73 Å². The summed E-state index contributed by atoms with van der Waals surface area (Å²) in [5, 5.41) is 0. The van der Waals surface area contributed by atoms with E-state index in [-0.39, 0.29) is 0 Å². The zero-order valence-corrected chi connectivity index (χ0v) is 11.2. The number of thiophene rings is 1. The second-order valence-electron chi connectivity index (χ2n) is 4.14. The van der Waals surface area contributed by atoms with Gasteiger partial charge in [-0.2, -0.15) is 0 Å². The summed E-state index contributed by atoms with van der Waals surface area (Å²) in [6.07, 6.45) is 4.03. The highest BCUT2D eigenvalue weighted by Crippen LogP contribution is 2.28. The average Bonchev–Trinajstić information content (AvgIpc) is 2.98. The van der Waals surface area contributed by atoms with Gasteiger partial charge < -0.3 is 10.7 Å². The molecule has 1 unspecified atom stereocenters. The minimum absolute atomic E-state index is 0.342. The number of hydrogen-bond donors (Lipinski definition) is 2. The highest BCUT2D eigenvalue weighted by molar-refractivity contribution is 7.15. The summed E-state index contributed by atoms with van der Waals surface area (Å²) in [5.41, 5.74) is 6.84. The molecule has 0 aliphatic rings. The Hall–Kier alpha value is -1.13. The van der Waals surface area contributed by atoms with Gasteiger partial charge in [-0.25, -0.2) is 4.98 Å². The molecule has 3 N–H and O–H groups in total. The monoisotopic (exact) mass is 249 g/mol. The Morgan fingerprint density at radius 1 is 1.41 bits per heavy atom. The van der Waals surface area contributed by atoms with E-state index in [1.165, 1.54) is 9.75 Å². The maximum atomic E-state index is 5.73. The molecule has 0 aliphatic heterocycles. The summed E-state index contributed by atoms with van der Waals surface area (Å²) in [6, 6.07) is 4.34. The second kappa shape index (κ2) is 5.47. The molecule has 0 spiro atoms. The quantitative estimate of drug-likeness (QED) is 0.855. The summed E-state index contributed by atoms with van der Waals surface area (Å²) in [5.74, 6) is 1.35. The van der Waals surface area contributed by atoms with Crippen molar-refractivity contribution in [2.75, 3.05) is 6.54 Å². The van der Waals surface area contributed by atoms with Crippen LogP contribution in [0.5, 0.6) is 0 Å². The first-order valence-corrected chi connectivity index (χ1v) is 6.94. The van der Waals surface area contributed by atoms with Gasteiger partial charge in [-0.05, 0) is 25.0 Å². The lowest BCUT2D eigenvalue weighted by Crippen LogP contribution is -2.12. The van der Waals surface area contributed by atoms with Crippen molar-refractivity contribution in [2.45, 2.75) is 32.6 Å². The lowest BCUT2D eigenvalue weighted by molar-refractivity contribution is 0.639. The van der Waals surface area contributed by atoms with Crippen LogP contribution in [0.1, 0.15) is 36.9 Å². The van der Waals surface area contributed by atoms with Crippen LogP contribution in [0.15, 0.2) is 18.3 Å². The van der Waals surface area contributed by atoms with E-state index in [4.69, 9.17) is 5.73 Å². The zero-order valence-electron chi connectivity index (χ0n) is 10.4. The van der Waals surface area contributed by atoms with Crippen LogP contribution in [0.4, 0.5) is 0 Å². The predicted octanol–water partition coefficient (Wildman–Crippen LogP) is 3.15. The van der Waals surface area contributed by atoms with Gasteiger partial charge in [-0.15, -0.1) is 11.3 Å². The van der Waals surface area contributed by atoms with Crippen molar-refractivity contribution >= 4 is 11.3 Å². The fraction of sp³-hybridized carbons (Fsp3) is 0.462. The number of aromatic amines is 1. The maximum Gasteiger partial charge on any atom is 0.110 e. The highest BCUT2D eigenvalue weighted by Gasteiger charge is 2.12. The van der Waals surface area contributed by atoms with E-state index in [1.807, 2.05) is 17.5 Å². The molecule has 17 heavy (non-hydrogen) atoms. The van der Waals surface area contributed by atoms with Gasteiger partial charge in [0.1, 0.15) is 5.82 Å². The molecule has 92 valence electrons. The molecule has 0 radical (unpaired) electrons. The topological polar surface area (TPSA) is 54.7 Å². The second-order valence-corrected chi connectivity index (χ2v) is 5.31. The van der Waals surface area contributed by atoms with E-state index in [2.05, 4.69) is 35.9 Å². The number of nitrogens with zero attached hydrogens (tertiary/aromatic N) is 1. The van der Waals surface area contributed by atoms with Crippen molar-refractivity contribution in [1.82, 2.24) is 9.97 Å². The molecule has 0 aromatic carbocycles. The van der Waals surface area contributed by atoms with Crippen LogP contribution in [0.2, 0.25) is 0 Å². The molecule has 2 aromatic rings. The molecule has 2 rings (SSSR count). The Morgan fingerprint density at radius 3 is 2.82 bits per heavy atom. The van der Waals surface area contributed by atoms with E-state index < -0.39 is 0 Å². The number of nitrogens with one attached hydrogen (secondary N) is 1. The Kier molecular flexibility index (Phi) is 3.97. The van der Waals surface area contributed by atoms with E-state index in [0.29, 0.717) is 12.5 Å². The molecule has 4 heteroatoms. The Bertz CT molecular complexity index is 468. The molecule has 0 saturated carbocycles. The van der Waals surface area contributed by atoms with Gasteiger partial charge in [0, 0.05) is 17.3 Å². The number of aromatic nitrogens is 2. The Labute approximate surface area is 106 Å². The van der Waals surface area contributed by atoms with Crippen molar-refractivity contribution in [3.05, 3.63) is 29.0 Å². The van der Waals surface area contributed by atoms with E-state index in [9.17, 15) is 0 Å². The minimum atomic E-state index is 0.342. The third-order valence-corrected chi connectivity index (χ3v) is 4.30. The molecule has 3 nitrogen and oxygen atoms in total. The number of nitrogens with two attached hydrogens (primary N) is 1. The molecule has 1 atom stereocenters. The summed E-state index contributed by atoms with van der Waals surface area (Å²) in [4.78, 5) is 10.5. The lowest BCUT2D eigenvalue weighted by atomic mass is 10.1. The third kappa shape index (κ3) is 2.58. The molecule has 0 amide bonds. The van der Waals surface area contributed by atoms with Crippen LogP contribution in [0.3, 0.4) is 0 Å². The van der Waals surface area contributed by atoms with Gasteiger partial charge in [0.2, 0.25) is 0 Å². The molecule has 2 aromatic heterocycles. The van der Waals surface area contributed by atoms with Crippen LogP contribution >= 0.6 is 11.3 Å². The molecule has 0 aliphatic carbocycles.